The number of nitrogens with zero attached hydrogens (tertiary/aromatic N) is 2. The molecule has 1 saturated heterocycles. The van der Waals surface area contributed by atoms with Gasteiger partial charge in [0.15, 0.2) is 5.13 Å². The Bertz CT molecular complexity index is 1160. The molecule has 0 aliphatic carbocycles. The van der Waals surface area contributed by atoms with Gasteiger partial charge in [-0.05, 0) is 62.8 Å². The van der Waals surface area contributed by atoms with Crippen molar-refractivity contribution in [2.45, 2.75) is 18.9 Å². The standard InChI is InChI=1S/C23H23F2N5O2S/c1-30-11-3-4-15(30)12-27-22(32)13-7-9-14(10-8-13)28-23-29-21(26)20(33-23)19(31)18-16(24)5-2-6-17(18)25/h2,5-10,15H,3-4,11-12,26H2,1H3,(H,27,32)(H,28,29). The number of halogens is 2. The van der Waals surface area contributed by atoms with Crippen LogP contribution in [0.4, 0.5) is 25.4 Å². The number of benzene rings is 2. The highest BCUT2D eigenvalue weighted by atomic mass is 32.1. The zero-order chi connectivity index (χ0) is 23.5. The largest absolute Gasteiger partial charge is 0.382 e. The second-order valence-corrected chi connectivity index (χ2v) is 8.85. The molecule has 1 aliphatic rings. The fourth-order valence-electron chi connectivity index (χ4n) is 3.75. The van der Waals surface area contributed by atoms with Crippen LogP contribution in [0.25, 0.3) is 0 Å². The van der Waals surface area contributed by atoms with Gasteiger partial charge >= 0.3 is 0 Å². The highest BCUT2D eigenvalue weighted by Crippen LogP contribution is 2.31. The third-order valence-corrected chi connectivity index (χ3v) is 6.60. The number of ketones is 1. The average molecular weight is 472 g/mol. The summed E-state index contributed by atoms with van der Waals surface area (Å²) in [6, 6.07) is 10.3. The van der Waals surface area contributed by atoms with Gasteiger partial charge in [0.05, 0.1) is 5.56 Å². The summed E-state index contributed by atoms with van der Waals surface area (Å²) in [5.74, 6) is -3.07. The summed E-state index contributed by atoms with van der Waals surface area (Å²) in [6.45, 7) is 1.65. The zero-order valence-corrected chi connectivity index (χ0v) is 18.7. The number of likely N-dealkylation sites (tertiary alicyclic amines) is 1. The predicted octanol–water partition coefficient (Wildman–Crippen LogP) is 3.80. The maximum Gasteiger partial charge on any atom is 0.251 e. The Morgan fingerprint density at radius 3 is 2.52 bits per heavy atom. The lowest BCUT2D eigenvalue weighted by Crippen LogP contribution is -2.38. The fraction of sp³-hybridized carbons (Fsp3) is 0.261. The van der Waals surface area contributed by atoms with Crippen LogP contribution in [0.2, 0.25) is 0 Å². The summed E-state index contributed by atoms with van der Waals surface area (Å²) in [7, 11) is 2.06. The second kappa shape index (κ2) is 9.63. The van der Waals surface area contributed by atoms with Crippen LogP contribution < -0.4 is 16.4 Å². The van der Waals surface area contributed by atoms with Crippen LogP contribution in [0.5, 0.6) is 0 Å². The van der Waals surface area contributed by atoms with Gasteiger partial charge in [-0.3, -0.25) is 9.59 Å². The molecule has 1 aromatic heterocycles. The molecule has 1 fully saturated rings. The third kappa shape index (κ3) is 5.01. The quantitative estimate of drug-likeness (QED) is 0.453. The summed E-state index contributed by atoms with van der Waals surface area (Å²) in [5.41, 5.74) is 6.30. The van der Waals surface area contributed by atoms with E-state index in [2.05, 4.69) is 27.6 Å². The van der Waals surface area contributed by atoms with E-state index >= 15 is 0 Å². The number of hydrogen-bond acceptors (Lipinski definition) is 7. The molecule has 0 radical (unpaired) electrons. The smallest absolute Gasteiger partial charge is 0.251 e. The molecular weight excluding hydrogens is 448 g/mol. The molecule has 0 bridgehead atoms. The summed E-state index contributed by atoms with van der Waals surface area (Å²) < 4.78 is 27.9. The van der Waals surface area contributed by atoms with E-state index < -0.39 is 23.0 Å². The summed E-state index contributed by atoms with van der Waals surface area (Å²) in [5, 5.41) is 6.25. The first-order valence-corrected chi connectivity index (χ1v) is 11.3. The number of amides is 1. The number of anilines is 3. The van der Waals surface area contributed by atoms with Gasteiger partial charge in [-0.2, -0.15) is 0 Å². The van der Waals surface area contributed by atoms with Crippen LogP contribution in [-0.4, -0.2) is 47.8 Å². The van der Waals surface area contributed by atoms with Gasteiger partial charge in [0, 0.05) is 23.8 Å². The first-order valence-electron chi connectivity index (χ1n) is 10.4. The minimum absolute atomic E-state index is 0.0608. The van der Waals surface area contributed by atoms with Crippen LogP contribution in [0.1, 0.15) is 38.4 Å². The Morgan fingerprint density at radius 2 is 1.88 bits per heavy atom. The van der Waals surface area contributed by atoms with Gasteiger partial charge in [0.2, 0.25) is 5.78 Å². The molecule has 7 nitrogen and oxygen atoms in total. The zero-order valence-electron chi connectivity index (χ0n) is 17.9. The highest BCUT2D eigenvalue weighted by molar-refractivity contribution is 7.18. The van der Waals surface area contributed by atoms with Crippen LogP contribution in [-0.2, 0) is 0 Å². The maximum absolute atomic E-state index is 14.0. The lowest BCUT2D eigenvalue weighted by Gasteiger charge is -2.19. The van der Waals surface area contributed by atoms with Crippen molar-refractivity contribution < 1.29 is 18.4 Å². The topological polar surface area (TPSA) is 100 Å². The molecule has 4 rings (SSSR count). The number of nitrogens with one attached hydrogen (secondary N) is 2. The Labute approximate surface area is 193 Å². The minimum atomic E-state index is -0.962. The fourth-order valence-corrected chi connectivity index (χ4v) is 4.61. The number of likely N-dealkylation sites (N-methyl/N-ethyl adjacent to an activating group) is 1. The first-order chi connectivity index (χ1) is 15.8. The van der Waals surface area contributed by atoms with Crippen molar-refractivity contribution in [3.05, 3.63) is 70.1 Å². The van der Waals surface area contributed by atoms with Gasteiger partial charge in [-0.1, -0.05) is 17.4 Å². The number of rotatable bonds is 7. The molecule has 1 atom stereocenters. The van der Waals surface area contributed by atoms with Crippen molar-refractivity contribution in [1.29, 1.82) is 0 Å². The van der Waals surface area contributed by atoms with E-state index in [1.54, 1.807) is 24.3 Å². The molecule has 1 aliphatic heterocycles. The van der Waals surface area contributed by atoms with E-state index in [0.717, 1.165) is 42.9 Å². The Morgan fingerprint density at radius 1 is 1.18 bits per heavy atom. The lowest BCUT2D eigenvalue weighted by atomic mass is 10.1. The summed E-state index contributed by atoms with van der Waals surface area (Å²) in [6.07, 6.45) is 2.21. The van der Waals surface area contributed by atoms with Crippen molar-refractivity contribution in [3.8, 4) is 0 Å². The van der Waals surface area contributed by atoms with E-state index in [9.17, 15) is 18.4 Å². The van der Waals surface area contributed by atoms with Crippen molar-refractivity contribution in [2.24, 2.45) is 0 Å². The molecular formula is C23H23F2N5O2S. The molecule has 2 heterocycles. The minimum Gasteiger partial charge on any atom is -0.382 e. The number of hydrogen-bond donors (Lipinski definition) is 3. The third-order valence-electron chi connectivity index (χ3n) is 5.62. The molecule has 10 heteroatoms. The van der Waals surface area contributed by atoms with Crippen molar-refractivity contribution in [1.82, 2.24) is 15.2 Å². The molecule has 172 valence electrons. The van der Waals surface area contributed by atoms with E-state index in [4.69, 9.17) is 5.73 Å². The molecule has 1 unspecified atom stereocenters. The van der Waals surface area contributed by atoms with Gasteiger partial charge in [-0.15, -0.1) is 0 Å². The van der Waals surface area contributed by atoms with Gasteiger partial charge in [0.1, 0.15) is 22.3 Å². The summed E-state index contributed by atoms with van der Waals surface area (Å²) in [4.78, 5) is 31.3. The normalized spacial score (nSPS) is 16.0. The van der Waals surface area contributed by atoms with Crippen LogP contribution in [0.15, 0.2) is 42.5 Å². The van der Waals surface area contributed by atoms with E-state index in [1.807, 2.05) is 0 Å². The number of aromatic nitrogens is 1. The number of thiazole rings is 1. The van der Waals surface area contributed by atoms with Crippen LogP contribution >= 0.6 is 11.3 Å². The van der Waals surface area contributed by atoms with Gasteiger partial charge in [-0.25, -0.2) is 13.8 Å². The first kappa shape index (κ1) is 22.8. The van der Waals surface area contributed by atoms with E-state index in [0.29, 0.717) is 23.8 Å². The number of nitrogens with two attached hydrogens (primary N) is 1. The van der Waals surface area contributed by atoms with Crippen molar-refractivity contribution in [2.75, 3.05) is 31.2 Å². The lowest BCUT2D eigenvalue weighted by molar-refractivity contribution is 0.0943. The molecule has 0 saturated carbocycles. The monoisotopic (exact) mass is 471 g/mol. The van der Waals surface area contributed by atoms with Crippen LogP contribution in [0.3, 0.4) is 0 Å². The number of nitrogen functional groups attached to an aromatic ring is 1. The van der Waals surface area contributed by atoms with Crippen molar-refractivity contribution >= 4 is 39.7 Å². The number of carbonyl (C=O) groups is 2. The SMILES string of the molecule is CN1CCCC1CNC(=O)c1ccc(Nc2nc(N)c(C(=O)c3c(F)cccc3F)s2)cc1. The molecule has 1 amide bonds. The molecule has 3 aromatic rings. The Hall–Kier alpha value is -3.37. The summed E-state index contributed by atoms with van der Waals surface area (Å²) >= 11 is 0.894. The maximum atomic E-state index is 14.0. The average Bonchev–Trinajstić information content (AvgIpc) is 3.37. The van der Waals surface area contributed by atoms with Crippen LogP contribution in [0, 0.1) is 11.6 Å². The van der Waals surface area contributed by atoms with Gasteiger partial charge < -0.3 is 21.3 Å². The van der Waals surface area contributed by atoms with Gasteiger partial charge in [0.25, 0.3) is 5.91 Å². The Kier molecular flexibility index (Phi) is 6.66. The van der Waals surface area contributed by atoms with E-state index in [-0.39, 0.29) is 21.7 Å². The molecule has 33 heavy (non-hydrogen) atoms. The molecule has 2 aromatic carbocycles. The van der Waals surface area contributed by atoms with Crippen molar-refractivity contribution in [3.63, 3.8) is 0 Å². The Balaban J connectivity index is 1.41. The predicted molar refractivity (Wildman–Crippen MR) is 124 cm³/mol. The number of carbonyl (C=O) groups excluding carboxylic acids is 2. The molecule has 4 N–H and O–H groups in total. The second-order valence-electron chi connectivity index (χ2n) is 7.85. The molecule has 0 spiro atoms. The van der Waals surface area contributed by atoms with E-state index in [1.165, 1.54) is 6.07 Å². The highest BCUT2D eigenvalue weighted by Gasteiger charge is 2.24.